The Labute approximate surface area is 116 Å². The monoisotopic (exact) mass is 271 g/mol. The van der Waals surface area contributed by atoms with E-state index in [1.165, 1.54) is 0 Å². The number of rotatable bonds is 7. The smallest absolute Gasteiger partial charge is 0.407 e. The average molecular weight is 271 g/mol. The standard InChI is InChI=1S/C14H25NO4/c1-5-6-7-9-17-11-12-18-10-8-15-13(16)19-14(2,3)4/h5,8-12H2,1-4H3,(H,15,16). The van der Waals surface area contributed by atoms with E-state index in [0.29, 0.717) is 33.0 Å². The molecular weight excluding hydrogens is 246 g/mol. The third-order valence-electron chi connectivity index (χ3n) is 1.76. The molecule has 0 atom stereocenters. The van der Waals surface area contributed by atoms with Crippen molar-refractivity contribution in [3.8, 4) is 11.8 Å². The second-order valence-corrected chi connectivity index (χ2v) is 4.80. The summed E-state index contributed by atoms with van der Waals surface area (Å²) < 4.78 is 15.6. The summed E-state index contributed by atoms with van der Waals surface area (Å²) in [6.07, 6.45) is 0.415. The van der Waals surface area contributed by atoms with Crippen LogP contribution < -0.4 is 5.32 Å². The fraction of sp³-hybridized carbons (Fsp3) is 0.786. The predicted molar refractivity (Wildman–Crippen MR) is 73.9 cm³/mol. The molecule has 0 saturated heterocycles. The van der Waals surface area contributed by atoms with E-state index in [4.69, 9.17) is 14.2 Å². The van der Waals surface area contributed by atoms with Gasteiger partial charge in [0.25, 0.3) is 0 Å². The first-order valence-corrected chi connectivity index (χ1v) is 6.53. The van der Waals surface area contributed by atoms with Crippen LogP contribution in [0.2, 0.25) is 0 Å². The fourth-order valence-corrected chi connectivity index (χ4v) is 1.06. The summed E-state index contributed by atoms with van der Waals surface area (Å²) in [7, 11) is 0. The highest BCUT2D eigenvalue weighted by Gasteiger charge is 2.15. The largest absolute Gasteiger partial charge is 0.444 e. The molecule has 110 valence electrons. The highest BCUT2D eigenvalue weighted by atomic mass is 16.6. The van der Waals surface area contributed by atoms with Crippen LogP contribution >= 0.6 is 0 Å². The summed E-state index contributed by atoms with van der Waals surface area (Å²) in [6, 6.07) is 0. The molecule has 0 aromatic rings. The third-order valence-corrected chi connectivity index (χ3v) is 1.76. The molecule has 1 N–H and O–H groups in total. The molecule has 0 saturated carbocycles. The molecule has 0 aliphatic heterocycles. The van der Waals surface area contributed by atoms with Gasteiger partial charge in [-0.3, -0.25) is 0 Å². The lowest BCUT2D eigenvalue weighted by atomic mass is 10.2. The summed E-state index contributed by atoms with van der Waals surface area (Å²) in [5.74, 6) is 5.79. The number of hydrogen-bond donors (Lipinski definition) is 1. The second kappa shape index (κ2) is 10.7. The Kier molecular flexibility index (Phi) is 9.95. The van der Waals surface area contributed by atoms with E-state index in [-0.39, 0.29) is 0 Å². The summed E-state index contributed by atoms with van der Waals surface area (Å²) in [5, 5.41) is 2.61. The predicted octanol–water partition coefficient (Wildman–Crippen LogP) is 1.96. The summed E-state index contributed by atoms with van der Waals surface area (Å²) >= 11 is 0. The van der Waals surface area contributed by atoms with Crippen LogP contribution in [0.1, 0.15) is 34.1 Å². The second-order valence-electron chi connectivity index (χ2n) is 4.80. The molecule has 0 bridgehead atoms. The van der Waals surface area contributed by atoms with E-state index in [9.17, 15) is 4.79 Å². The Bertz CT molecular complexity index is 299. The molecule has 0 aromatic carbocycles. The van der Waals surface area contributed by atoms with Gasteiger partial charge in [0.2, 0.25) is 0 Å². The molecule has 5 nitrogen and oxygen atoms in total. The number of carbonyl (C=O) groups is 1. The van der Waals surface area contributed by atoms with E-state index in [1.54, 1.807) is 0 Å². The van der Waals surface area contributed by atoms with E-state index in [1.807, 2.05) is 27.7 Å². The Balaban J connectivity index is 3.29. The molecular formula is C14H25NO4. The number of hydrogen-bond acceptors (Lipinski definition) is 4. The van der Waals surface area contributed by atoms with Gasteiger partial charge in [-0.2, -0.15) is 0 Å². The van der Waals surface area contributed by atoms with Crippen LogP contribution in [0, 0.1) is 11.8 Å². The zero-order valence-corrected chi connectivity index (χ0v) is 12.4. The van der Waals surface area contributed by atoms with Crippen LogP contribution in [0.5, 0.6) is 0 Å². The highest BCUT2D eigenvalue weighted by molar-refractivity contribution is 5.67. The minimum absolute atomic E-state index is 0.421. The number of amides is 1. The zero-order chi connectivity index (χ0) is 14.6. The quantitative estimate of drug-likeness (QED) is 0.568. The van der Waals surface area contributed by atoms with Gasteiger partial charge in [-0.25, -0.2) is 4.79 Å². The van der Waals surface area contributed by atoms with Gasteiger partial charge in [-0.05, 0) is 20.8 Å². The van der Waals surface area contributed by atoms with Gasteiger partial charge < -0.3 is 19.5 Å². The van der Waals surface area contributed by atoms with Crippen molar-refractivity contribution < 1.29 is 19.0 Å². The lowest BCUT2D eigenvalue weighted by Crippen LogP contribution is -2.34. The Morgan fingerprint density at radius 3 is 2.42 bits per heavy atom. The lowest BCUT2D eigenvalue weighted by Gasteiger charge is -2.19. The Morgan fingerprint density at radius 1 is 1.11 bits per heavy atom. The van der Waals surface area contributed by atoms with Gasteiger partial charge in [0, 0.05) is 13.0 Å². The first kappa shape index (κ1) is 17.8. The summed E-state index contributed by atoms with van der Waals surface area (Å²) in [6.45, 7) is 9.75. The Morgan fingerprint density at radius 2 is 1.79 bits per heavy atom. The van der Waals surface area contributed by atoms with Gasteiger partial charge in [0.15, 0.2) is 0 Å². The highest BCUT2D eigenvalue weighted by Crippen LogP contribution is 2.05. The molecule has 0 unspecified atom stereocenters. The van der Waals surface area contributed by atoms with Gasteiger partial charge >= 0.3 is 6.09 Å². The maximum Gasteiger partial charge on any atom is 0.407 e. The molecule has 0 radical (unpaired) electrons. The van der Waals surface area contributed by atoms with Crippen LogP contribution in [0.15, 0.2) is 0 Å². The van der Waals surface area contributed by atoms with Crippen molar-refractivity contribution in [2.24, 2.45) is 0 Å². The number of alkyl carbamates (subject to hydrolysis) is 1. The normalized spacial score (nSPS) is 10.5. The number of carbonyl (C=O) groups excluding carboxylic acids is 1. The van der Waals surface area contributed by atoms with E-state index in [0.717, 1.165) is 6.42 Å². The number of nitrogens with one attached hydrogen (secondary N) is 1. The molecule has 0 spiro atoms. The molecule has 0 heterocycles. The molecule has 0 aliphatic carbocycles. The molecule has 19 heavy (non-hydrogen) atoms. The summed E-state index contributed by atoms with van der Waals surface area (Å²) in [5.41, 5.74) is -0.474. The van der Waals surface area contributed by atoms with Crippen LogP contribution in [0.4, 0.5) is 4.79 Å². The molecule has 0 aromatic heterocycles. The van der Waals surface area contributed by atoms with Crippen molar-refractivity contribution in [1.29, 1.82) is 0 Å². The molecule has 0 rings (SSSR count). The minimum Gasteiger partial charge on any atom is -0.444 e. The van der Waals surface area contributed by atoms with Gasteiger partial charge in [0.05, 0.1) is 19.8 Å². The van der Waals surface area contributed by atoms with Crippen molar-refractivity contribution in [3.05, 3.63) is 0 Å². The van der Waals surface area contributed by atoms with E-state index < -0.39 is 11.7 Å². The zero-order valence-electron chi connectivity index (χ0n) is 12.4. The van der Waals surface area contributed by atoms with E-state index in [2.05, 4.69) is 17.2 Å². The maximum absolute atomic E-state index is 11.3. The average Bonchev–Trinajstić information content (AvgIpc) is 2.29. The summed E-state index contributed by atoms with van der Waals surface area (Å²) in [4.78, 5) is 11.3. The molecule has 0 fully saturated rings. The van der Waals surface area contributed by atoms with Gasteiger partial charge in [-0.15, -0.1) is 5.92 Å². The first-order valence-electron chi connectivity index (χ1n) is 6.53. The molecule has 0 aliphatic rings. The van der Waals surface area contributed by atoms with Gasteiger partial charge in [-0.1, -0.05) is 12.8 Å². The van der Waals surface area contributed by atoms with Crippen molar-refractivity contribution >= 4 is 6.09 Å². The lowest BCUT2D eigenvalue weighted by molar-refractivity contribution is 0.0443. The molecule has 5 heteroatoms. The third kappa shape index (κ3) is 14.7. The van der Waals surface area contributed by atoms with Gasteiger partial charge in [0.1, 0.15) is 12.2 Å². The SMILES string of the molecule is CCC#CCOCCOCCNC(=O)OC(C)(C)C. The van der Waals surface area contributed by atoms with Crippen LogP contribution in [0.25, 0.3) is 0 Å². The first-order chi connectivity index (χ1) is 8.95. The fourth-order valence-electron chi connectivity index (χ4n) is 1.06. The maximum atomic E-state index is 11.3. The molecule has 1 amide bonds. The van der Waals surface area contributed by atoms with Crippen molar-refractivity contribution in [3.63, 3.8) is 0 Å². The topological polar surface area (TPSA) is 56.8 Å². The van der Waals surface area contributed by atoms with Crippen LogP contribution in [-0.4, -0.2) is 44.7 Å². The van der Waals surface area contributed by atoms with Crippen molar-refractivity contribution in [2.45, 2.75) is 39.7 Å². The van der Waals surface area contributed by atoms with Crippen molar-refractivity contribution in [1.82, 2.24) is 5.32 Å². The van der Waals surface area contributed by atoms with Crippen LogP contribution in [0.3, 0.4) is 0 Å². The Hall–Kier alpha value is -1.25. The van der Waals surface area contributed by atoms with Crippen LogP contribution in [-0.2, 0) is 14.2 Å². The number of ether oxygens (including phenoxy) is 3. The van der Waals surface area contributed by atoms with E-state index >= 15 is 0 Å². The minimum atomic E-state index is -0.474. The van der Waals surface area contributed by atoms with Crippen molar-refractivity contribution in [2.75, 3.05) is 33.0 Å².